The number of primary amides is 1. The second kappa shape index (κ2) is 6.57. The van der Waals surface area contributed by atoms with Crippen LogP contribution in [0.25, 0.3) is 0 Å². The minimum atomic E-state index is -0.374. The molecule has 5 heteroatoms. The maximum atomic E-state index is 11.5. The first-order chi connectivity index (χ1) is 10.1. The van der Waals surface area contributed by atoms with Crippen LogP contribution >= 0.6 is 12.4 Å². The van der Waals surface area contributed by atoms with Crippen LogP contribution in [-0.2, 0) is 10.3 Å². The molecule has 122 valence electrons. The van der Waals surface area contributed by atoms with Gasteiger partial charge in [0.05, 0.1) is 0 Å². The van der Waals surface area contributed by atoms with Crippen LogP contribution in [0.2, 0.25) is 0 Å². The lowest BCUT2D eigenvalue weighted by atomic mass is 9.62. The van der Waals surface area contributed by atoms with E-state index in [-0.39, 0.29) is 23.9 Å². The fourth-order valence-corrected chi connectivity index (χ4v) is 4.49. The van der Waals surface area contributed by atoms with Gasteiger partial charge in [0.15, 0.2) is 0 Å². The maximum Gasteiger partial charge on any atom is 0.248 e. The van der Waals surface area contributed by atoms with Crippen molar-refractivity contribution in [2.75, 3.05) is 27.2 Å². The first-order valence-corrected chi connectivity index (χ1v) is 7.72. The molecule has 2 aliphatic rings. The summed E-state index contributed by atoms with van der Waals surface area (Å²) in [7, 11) is 4.00. The second-order valence-electron chi connectivity index (χ2n) is 6.49. The summed E-state index contributed by atoms with van der Waals surface area (Å²) in [4.78, 5) is 13.9. The number of hydrogen-bond donors (Lipinski definition) is 1. The van der Waals surface area contributed by atoms with E-state index in [0.717, 1.165) is 18.7 Å². The molecular formula is C17H25ClN2O2. The Bertz CT molecular complexity index is 535. The molecule has 3 rings (SSSR count). The van der Waals surface area contributed by atoms with Gasteiger partial charge < -0.3 is 15.4 Å². The highest BCUT2D eigenvalue weighted by Gasteiger charge is 2.52. The van der Waals surface area contributed by atoms with E-state index in [2.05, 4.69) is 18.0 Å². The second-order valence-corrected chi connectivity index (χ2v) is 6.49. The summed E-state index contributed by atoms with van der Waals surface area (Å²) in [6.45, 7) is 2.09. The number of piperidine rings is 1. The van der Waals surface area contributed by atoms with E-state index in [9.17, 15) is 4.79 Å². The van der Waals surface area contributed by atoms with Gasteiger partial charge >= 0.3 is 0 Å². The van der Waals surface area contributed by atoms with Gasteiger partial charge in [-0.3, -0.25) is 4.79 Å². The summed E-state index contributed by atoms with van der Waals surface area (Å²) < 4.78 is 6.14. The molecule has 0 spiro atoms. The van der Waals surface area contributed by atoms with E-state index < -0.39 is 0 Å². The van der Waals surface area contributed by atoms with Gasteiger partial charge in [0.25, 0.3) is 0 Å². The Labute approximate surface area is 138 Å². The molecule has 1 aromatic rings. The van der Waals surface area contributed by atoms with Gasteiger partial charge in [0.2, 0.25) is 5.91 Å². The van der Waals surface area contributed by atoms with E-state index in [0.29, 0.717) is 17.4 Å². The normalized spacial score (nSPS) is 31.4. The van der Waals surface area contributed by atoms with Crippen molar-refractivity contribution in [1.29, 1.82) is 0 Å². The maximum absolute atomic E-state index is 11.5. The zero-order valence-electron chi connectivity index (χ0n) is 13.2. The first kappa shape index (κ1) is 17.3. The monoisotopic (exact) mass is 324 g/mol. The minimum Gasteiger partial charge on any atom is -0.373 e. The molecule has 2 atom stereocenters. The van der Waals surface area contributed by atoms with Crippen molar-refractivity contribution >= 4 is 18.3 Å². The van der Waals surface area contributed by atoms with Crippen LogP contribution in [0.1, 0.15) is 35.2 Å². The molecule has 1 saturated heterocycles. The van der Waals surface area contributed by atoms with Crippen molar-refractivity contribution in [3.8, 4) is 0 Å². The van der Waals surface area contributed by atoms with Crippen molar-refractivity contribution in [2.24, 2.45) is 17.6 Å². The van der Waals surface area contributed by atoms with Crippen molar-refractivity contribution in [1.82, 2.24) is 4.90 Å². The summed E-state index contributed by atoms with van der Waals surface area (Å²) >= 11 is 0. The predicted octanol–water partition coefficient (Wildman–Crippen LogP) is 2.41. The highest BCUT2D eigenvalue weighted by molar-refractivity contribution is 5.92. The van der Waals surface area contributed by atoms with Gasteiger partial charge in [-0.1, -0.05) is 18.6 Å². The number of rotatable bonds is 3. The predicted molar refractivity (Wildman–Crippen MR) is 89.2 cm³/mol. The molecule has 2 bridgehead atoms. The summed E-state index contributed by atoms with van der Waals surface area (Å²) in [5, 5.41) is 0. The number of likely N-dealkylation sites (tertiary alicyclic amines) is 1. The summed E-state index contributed by atoms with van der Waals surface area (Å²) in [6, 6.07) is 7.72. The quantitative estimate of drug-likeness (QED) is 0.929. The van der Waals surface area contributed by atoms with Crippen molar-refractivity contribution in [3.05, 3.63) is 35.4 Å². The van der Waals surface area contributed by atoms with Crippen molar-refractivity contribution in [3.63, 3.8) is 0 Å². The molecule has 1 aliphatic heterocycles. The molecule has 1 amide bonds. The molecule has 1 aliphatic carbocycles. The molecule has 22 heavy (non-hydrogen) atoms. The Hall–Kier alpha value is -1.10. The third kappa shape index (κ3) is 2.64. The highest BCUT2D eigenvalue weighted by atomic mass is 35.5. The average molecular weight is 325 g/mol. The fourth-order valence-electron chi connectivity index (χ4n) is 4.49. The highest BCUT2D eigenvalue weighted by Crippen LogP contribution is 2.51. The Morgan fingerprint density at radius 2 is 1.95 bits per heavy atom. The molecular weight excluding hydrogens is 300 g/mol. The Kier molecular flexibility index (Phi) is 5.15. The van der Waals surface area contributed by atoms with Gasteiger partial charge in [-0.2, -0.15) is 0 Å². The number of methoxy groups -OCH3 is 1. The number of carbonyl (C=O) groups excluding carboxylic acids is 1. The molecule has 1 heterocycles. The SMILES string of the molecule is COC1(c2cccc(C(N)=O)c2)C2CCCC1CN(C)C2.Cl. The van der Waals surface area contributed by atoms with Crippen LogP contribution in [0, 0.1) is 11.8 Å². The van der Waals surface area contributed by atoms with Crippen LogP contribution in [0.5, 0.6) is 0 Å². The Morgan fingerprint density at radius 3 is 2.50 bits per heavy atom. The molecule has 0 aromatic heterocycles. The Morgan fingerprint density at radius 1 is 1.32 bits per heavy atom. The summed E-state index contributed by atoms with van der Waals surface area (Å²) in [6.07, 6.45) is 3.62. The molecule has 0 radical (unpaired) electrons. The van der Waals surface area contributed by atoms with Gasteiger partial charge in [-0.15, -0.1) is 12.4 Å². The lowest BCUT2D eigenvalue weighted by Gasteiger charge is -2.54. The zero-order valence-corrected chi connectivity index (χ0v) is 14.1. The number of halogens is 1. The number of fused-ring (bicyclic) bond motifs is 2. The average Bonchev–Trinajstić information content (AvgIpc) is 2.46. The number of nitrogens with zero attached hydrogens (tertiary/aromatic N) is 1. The lowest BCUT2D eigenvalue weighted by Crippen LogP contribution is -2.58. The fraction of sp³-hybridized carbons (Fsp3) is 0.588. The number of benzene rings is 1. The standard InChI is InChI=1S/C17H24N2O2.ClH/c1-19-10-14-7-4-8-15(11-19)17(14,21-2)13-6-3-5-12(9-13)16(18)20;/h3,5-6,9,14-15H,4,7-8,10-11H2,1-2H3,(H2,18,20);1H. The van der Waals surface area contributed by atoms with Gasteiger partial charge in [0, 0.05) is 37.6 Å². The molecule has 2 N–H and O–H groups in total. The van der Waals surface area contributed by atoms with Gasteiger partial charge in [0.1, 0.15) is 5.60 Å². The molecule has 2 unspecified atom stereocenters. The van der Waals surface area contributed by atoms with Crippen molar-refractivity contribution in [2.45, 2.75) is 24.9 Å². The minimum absolute atomic E-state index is 0. The van der Waals surface area contributed by atoms with E-state index >= 15 is 0 Å². The lowest BCUT2D eigenvalue weighted by molar-refractivity contribution is -0.165. The third-order valence-corrected chi connectivity index (χ3v) is 5.32. The number of ether oxygens (including phenoxy) is 1. The Balaban J connectivity index is 0.00000176. The molecule has 1 saturated carbocycles. The van der Waals surface area contributed by atoms with E-state index in [1.54, 1.807) is 6.07 Å². The van der Waals surface area contributed by atoms with Crippen LogP contribution < -0.4 is 5.73 Å². The smallest absolute Gasteiger partial charge is 0.248 e. The number of nitrogens with two attached hydrogens (primary N) is 1. The third-order valence-electron chi connectivity index (χ3n) is 5.32. The molecule has 1 aromatic carbocycles. The van der Waals surface area contributed by atoms with Gasteiger partial charge in [-0.05, 0) is 37.6 Å². The van der Waals surface area contributed by atoms with Crippen molar-refractivity contribution < 1.29 is 9.53 Å². The van der Waals surface area contributed by atoms with Crippen LogP contribution in [0.4, 0.5) is 0 Å². The van der Waals surface area contributed by atoms with E-state index in [1.165, 1.54) is 19.3 Å². The van der Waals surface area contributed by atoms with E-state index in [4.69, 9.17) is 10.5 Å². The first-order valence-electron chi connectivity index (χ1n) is 7.72. The van der Waals surface area contributed by atoms with E-state index in [1.807, 2.05) is 19.2 Å². The van der Waals surface area contributed by atoms with Crippen LogP contribution in [0.15, 0.2) is 24.3 Å². The topological polar surface area (TPSA) is 55.6 Å². The van der Waals surface area contributed by atoms with Gasteiger partial charge in [-0.25, -0.2) is 0 Å². The molecule has 4 nitrogen and oxygen atoms in total. The zero-order chi connectivity index (χ0) is 15.0. The number of carbonyl (C=O) groups is 1. The number of amides is 1. The molecule has 2 fully saturated rings. The largest absolute Gasteiger partial charge is 0.373 e. The van der Waals surface area contributed by atoms with Crippen LogP contribution in [0.3, 0.4) is 0 Å². The van der Waals surface area contributed by atoms with Crippen LogP contribution in [-0.4, -0.2) is 38.1 Å². The summed E-state index contributed by atoms with van der Waals surface area (Å²) in [5.41, 5.74) is 6.86. The number of hydrogen-bond acceptors (Lipinski definition) is 3. The summed E-state index contributed by atoms with van der Waals surface area (Å²) in [5.74, 6) is 0.576.